The van der Waals surface area contributed by atoms with Crippen LogP contribution >= 0.6 is 11.3 Å². The first-order valence-electron chi connectivity index (χ1n) is 7.38. The summed E-state index contributed by atoms with van der Waals surface area (Å²) in [6.45, 7) is 4.16. The maximum Gasteiger partial charge on any atom is 0.410 e. The molecule has 2 aromatic heterocycles. The Balaban J connectivity index is 1.34. The number of ether oxygens (including phenoxy) is 1. The number of aryl methyl sites for hydroxylation is 1. The Morgan fingerprint density at radius 2 is 2.39 bits per heavy atom. The number of urea groups is 1. The second kappa shape index (κ2) is 5.37. The summed E-state index contributed by atoms with van der Waals surface area (Å²) in [4.78, 5) is 32.4. The summed E-state index contributed by atoms with van der Waals surface area (Å²) < 4.78 is 6.73. The predicted molar refractivity (Wildman–Crippen MR) is 81.3 cm³/mol. The van der Waals surface area contributed by atoms with Crippen LogP contribution in [0.2, 0.25) is 0 Å². The topological polar surface area (TPSA) is 92.1 Å². The van der Waals surface area contributed by atoms with Gasteiger partial charge in [-0.25, -0.2) is 19.1 Å². The molecule has 0 radical (unpaired) electrons. The Kier molecular flexibility index (Phi) is 3.33. The number of aromatic nitrogens is 3. The number of piperazine rings is 1. The van der Waals surface area contributed by atoms with Gasteiger partial charge in [-0.05, 0) is 6.92 Å². The van der Waals surface area contributed by atoms with E-state index in [9.17, 15) is 9.59 Å². The van der Waals surface area contributed by atoms with E-state index in [1.165, 1.54) is 11.3 Å². The molecule has 0 unspecified atom stereocenters. The van der Waals surface area contributed by atoms with Crippen LogP contribution in [0.3, 0.4) is 0 Å². The van der Waals surface area contributed by atoms with Gasteiger partial charge in [0.1, 0.15) is 11.6 Å². The molecule has 4 heterocycles. The lowest BCUT2D eigenvalue weighted by Crippen LogP contribution is -2.55. The first-order valence-corrected chi connectivity index (χ1v) is 8.19. The Labute approximate surface area is 135 Å². The second-order valence-electron chi connectivity index (χ2n) is 5.61. The number of hydrogen-bond donors (Lipinski definition) is 1. The molecule has 2 saturated heterocycles. The van der Waals surface area contributed by atoms with Crippen molar-refractivity contribution in [1.82, 2.24) is 29.7 Å². The third-order valence-corrected chi connectivity index (χ3v) is 4.86. The number of amides is 3. The molecule has 0 spiro atoms. The number of rotatable bonds is 2. The van der Waals surface area contributed by atoms with Gasteiger partial charge in [0.25, 0.3) is 0 Å². The maximum absolute atomic E-state index is 12.3. The molecule has 1 atom stereocenters. The van der Waals surface area contributed by atoms with E-state index in [1.807, 2.05) is 13.1 Å². The zero-order valence-corrected chi connectivity index (χ0v) is 13.4. The minimum atomic E-state index is -0.282. The van der Waals surface area contributed by atoms with Crippen LogP contribution in [0.25, 0.3) is 4.96 Å². The first-order chi connectivity index (χ1) is 11.1. The molecule has 2 aliphatic rings. The van der Waals surface area contributed by atoms with Gasteiger partial charge < -0.3 is 15.0 Å². The average molecular weight is 336 g/mol. The largest absolute Gasteiger partial charge is 0.447 e. The monoisotopic (exact) mass is 336 g/mol. The van der Waals surface area contributed by atoms with Crippen LogP contribution in [0, 0.1) is 6.92 Å². The summed E-state index contributed by atoms with van der Waals surface area (Å²) in [6.07, 6.45) is 1.54. The molecule has 4 rings (SSSR count). The van der Waals surface area contributed by atoms with Crippen molar-refractivity contribution in [3.05, 3.63) is 16.9 Å². The van der Waals surface area contributed by atoms with E-state index in [2.05, 4.69) is 15.4 Å². The number of fused-ring (bicyclic) bond motifs is 2. The van der Waals surface area contributed by atoms with Gasteiger partial charge in [-0.1, -0.05) is 11.3 Å². The molecular formula is C13H16N6O3S. The zero-order chi connectivity index (χ0) is 16.0. The lowest BCUT2D eigenvalue weighted by atomic mass is 10.2. The Bertz CT molecular complexity index is 739. The molecule has 122 valence electrons. The van der Waals surface area contributed by atoms with Crippen LogP contribution in [-0.4, -0.2) is 68.8 Å². The highest BCUT2D eigenvalue weighted by molar-refractivity contribution is 7.16. The Morgan fingerprint density at radius 3 is 3.22 bits per heavy atom. The fourth-order valence-electron chi connectivity index (χ4n) is 2.88. The van der Waals surface area contributed by atoms with Crippen molar-refractivity contribution < 1.29 is 14.3 Å². The minimum Gasteiger partial charge on any atom is -0.447 e. The summed E-state index contributed by atoms with van der Waals surface area (Å²) in [5, 5.41) is 8.11. The van der Waals surface area contributed by atoms with Gasteiger partial charge in [-0.2, -0.15) is 5.10 Å². The third kappa shape index (κ3) is 2.58. The van der Waals surface area contributed by atoms with E-state index in [-0.39, 0.29) is 18.2 Å². The van der Waals surface area contributed by atoms with E-state index in [0.29, 0.717) is 32.8 Å². The number of cyclic esters (lactones) is 1. The number of imidazole rings is 1. The third-order valence-electron chi connectivity index (χ3n) is 4.02. The van der Waals surface area contributed by atoms with E-state index >= 15 is 0 Å². The van der Waals surface area contributed by atoms with E-state index in [1.54, 1.807) is 14.3 Å². The van der Waals surface area contributed by atoms with Crippen molar-refractivity contribution in [1.29, 1.82) is 0 Å². The quantitative estimate of drug-likeness (QED) is 0.859. The molecule has 0 aliphatic carbocycles. The Morgan fingerprint density at radius 1 is 1.52 bits per heavy atom. The molecular weight excluding hydrogens is 320 g/mol. The number of hydrogen-bond acceptors (Lipinski definition) is 6. The smallest absolute Gasteiger partial charge is 0.410 e. The molecule has 1 N–H and O–H groups in total. The standard InChI is InChI=1S/C13H16N6O3S/c1-8-16-19-5-9(15-12(19)23-8)4-14-11(20)17-2-3-18-10(6-17)7-22-13(18)21/h5,10H,2-4,6-7H2,1H3,(H,14,20)/t10-/m0/s1. The van der Waals surface area contributed by atoms with Crippen LogP contribution in [-0.2, 0) is 11.3 Å². The van der Waals surface area contributed by atoms with Crippen molar-refractivity contribution in [3.63, 3.8) is 0 Å². The number of nitrogens with zero attached hydrogens (tertiary/aromatic N) is 5. The van der Waals surface area contributed by atoms with Crippen molar-refractivity contribution in [2.45, 2.75) is 19.5 Å². The SMILES string of the molecule is Cc1nn2cc(CNC(=O)N3CCN4C(=O)OC[C@@H]4C3)nc2s1. The lowest BCUT2D eigenvalue weighted by Gasteiger charge is -2.35. The highest BCUT2D eigenvalue weighted by Gasteiger charge is 2.38. The van der Waals surface area contributed by atoms with Gasteiger partial charge in [-0.15, -0.1) is 0 Å². The molecule has 2 aliphatic heterocycles. The molecule has 10 heteroatoms. The van der Waals surface area contributed by atoms with Gasteiger partial charge >= 0.3 is 12.1 Å². The summed E-state index contributed by atoms with van der Waals surface area (Å²) >= 11 is 1.51. The van der Waals surface area contributed by atoms with E-state index < -0.39 is 0 Å². The van der Waals surface area contributed by atoms with Gasteiger partial charge in [0.2, 0.25) is 4.96 Å². The first kappa shape index (κ1) is 14.2. The van der Waals surface area contributed by atoms with Crippen LogP contribution in [0.4, 0.5) is 9.59 Å². The van der Waals surface area contributed by atoms with E-state index in [4.69, 9.17) is 4.74 Å². The van der Waals surface area contributed by atoms with Gasteiger partial charge in [0.15, 0.2) is 0 Å². The van der Waals surface area contributed by atoms with Crippen molar-refractivity contribution >= 4 is 28.4 Å². The number of carbonyl (C=O) groups is 2. The zero-order valence-electron chi connectivity index (χ0n) is 12.6. The molecule has 0 bridgehead atoms. The fourth-order valence-corrected chi connectivity index (χ4v) is 3.62. The molecule has 0 aromatic carbocycles. The van der Waals surface area contributed by atoms with Crippen LogP contribution in [0.5, 0.6) is 0 Å². The number of carbonyl (C=O) groups excluding carboxylic acids is 2. The highest BCUT2D eigenvalue weighted by atomic mass is 32.1. The minimum absolute atomic E-state index is 0.0351. The van der Waals surface area contributed by atoms with Gasteiger partial charge in [0.05, 0.1) is 24.5 Å². The van der Waals surface area contributed by atoms with Crippen molar-refractivity contribution in [3.8, 4) is 0 Å². The molecule has 23 heavy (non-hydrogen) atoms. The lowest BCUT2D eigenvalue weighted by molar-refractivity contribution is 0.127. The number of nitrogens with one attached hydrogen (secondary N) is 1. The van der Waals surface area contributed by atoms with Gasteiger partial charge in [0, 0.05) is 19.6 Å². The van der Waals surface area contributed by atoms with Crippen LogP contribution in [0.15, 0.2) is 6.20 Å². The fraction of sp³-hybridized carbons (Fsp3) is 0.538. The summed E-state index contributed by atoms with van der Waals surface area (Å²) in [5.41, 5.74) is 0.773. The molecule has 3 amide bonds. The predicted octanol–water partition coefficient (Wildman–Crippen LogP) is 0.445. The van der Waals surface area contributed by atoms with Gasteiger partial charge in [-0.3, -0.25) is 4.90 Å². The van der Waals surface area contributed by atoms with Crippen molar-refractivity contribution in [2.24, 2.45) is 0 Å². The maximum atomic E-state index is 12.3. The molecule has 9 nitrogen and oxygen atoms in total. The highest BCUT2D eigenvalue weighted by Crippen LogP contribution is 2.18. The second-order valence-corrected chi connectivity index (χ2v) is 6.77. The normalized spacial score (nSPS) is 20.7. The Hall–Kier alpha value is -2.36. The molecule has 0 saturated carbocycles. The van der Waals surface area contributed by atoms with Crippen molar-refractivity contribution in [2.75, 3.05) is 26.2 Å². The molecule has 2 fully saturated rings. The summed E-state index contributed by atoms with van der Waals surface area (Å²) in [7, 11) is 0. The summed E-state index contributed by atoms with van der Waals surface area (Å²) in [5.74, 6) is 0. The van der Waals surface area contributed by atoms with Crippen LogP contribution in [0.1, 0.15) is 10.7 Å². The summed E-state index contributed by atoms with van der Waals surface area (Å²) in [6, 6.07) is -0.184. The average Bonchev–Trinajstić information content (AvgIpc) is 3.17. The van der Waals surface area contributed by atoms with E-state index in [0.717, 1.165) is 15.7 Å². The molecule has 2 aromatic rings. The van der Waals surface area contributed by atoms with Crippen LogP contribution < -0.4 is 5.32 Å².